The van der Waals surface area contributed by atoms with Crippen molar-refractivity contribution in [3.63, 3.8) is 0 Å². The van der Waals surface area contributed by atoms with Crippen molar-refractivity contribution in [3.05, 3.63) is 78.0 Å². The van der Waals surface area contributed by atoms with Gasteiger partial charge >= 0.3 is 6.01 Å². The lowest BCUT2D eigenvalue weighted by Gasteiger charge is -2.09. The molecule has 0 atom stereocenters. The molecule has 8 heteroatoms. The van der Waals surface area contributed by atoms with E-state index in [0.29, 0.717) is 17.9 Å². The molecule has 1 aromatic carbocycles. The van der Waals surface area contributed by atoms with Crippen LogP contribution in [0, 0.1) is 12.5 Å². The summed E-state index contributed by atoms with van der Waals surface area (Å²) in [5.74, 6) is -0.127. The monoisotopic (exact) mass is 360 g/mol. The highest BCUT2D eigenvalue weighted by Gasteiger charge is 2.13. The Morgan fingerprint density at radius 2 is 2.04 bits per heavy atom. The van der Waals surface area contributed by atoms with Crippen LogP contribution in [0.1, 0.15) is 5.56 Å². The van der Waals surface area contributed by atoms with Crippen molar-refractivity contribution >= 4 is 16.7 Å². The van der Waals surface area contributed by atoms with E-state index in [4.69, 9.17) is 11.3 Å². The first-order valence-corrected chi connectivity index (χ1v) is 8.15. The molecule has 0 aliphatic rings. The van der Waals surface area contributed by atoms with E-state index in [1.54, 1.807) is 17.0 Å². The lowest BCUT2D eigenvalue weighted by Crippen LogP contribution is -2.06. The van der Waals surface area contributed by atoms with Gasteiger partial charge in [0.15, 0.2) is 5.82 Å². The van der Waals surface area contributed by atoms with Crippen LogP contribution in [0.25, 0.3) is 21.7 Å². The number of benzene rings is 1. The maximum atomic E-state index is 13.1. The lowest BCUT2D eigenvalue weighted by atomic mass is 10.2. The molecule has 4 rings (SSSR count). The van der Waals surface area contributed by atoms with Crippen molar-refractivity contribution in [3.8, 4) is 11.8 Å². The molecule has 0 unspecified atom stereocenters. The maximum Gasteiger partial charge on any atom is 0.315 e. The van der Waals surface area contributed by atoms with Crippen LogP contribution in [0.3, 0.4) is 0 Å². The zero-order valence-corrected chi connectivity index (χ0v) is 14.1. The number of pyridine rings is 1. The molecule has 4 aromatic rings. The van der Waals surface area contributed by atoms with Crippen LogP contribution < -0.4 is 4.74 Å². The van der Waals surface area contributed by atoms with Gasteiger partial charge < -0.3 is 4.74 Å². The first-order valence-electron chi connectivity index (χ1n) is 8.15. The average molecular weight is 360 g/mol. The van der Waals surface area contributed by atoms with Crippen LogP contribution in [-0.2, 0) is 6.42 Å². The second-order valence-electron chi connectivity index (χ2n) is 5.66. The van der Waals surface area contributed by atoms with E-state index in [0.717, 1.165) is 16.6 Å². The van der Waals surface area contributed by atoms with Gasteiger partial charge in [-0.25, -0.2) is 19.8 Å². The van der Waals surface area contributed by atoms with Crippen LogP contribution in [0.15, 0.2) is 55.1 Å². The van der Waals surface area contributed by atoms with Gasteiger partial charge in [0.05, 0.1) is 24.2 Å². The number of aromatic nitrogens is 5. The van der Waals surface area contributed by atoms with Gasteiger partial charge in [-0.05, 0) is 29.8 Å². The molecule has 132 valence electrons. The van der Waals surface area contributed by atoms with Crippen molar-refractivity contribution in [2.75, 3.05) is 6.61 Å². The van der Waals surface area contributed by atoms with Crippen LogP contribution in [-0.4, -0.2) is 31.1 Å². The Labute approximate surface area is 154 Å². The maximum absolute atomic E-state index is 13.1. The number of halogens is 1. The first-order chi connectivity index (χ1) is 13.2. The third kappa shape index (κ3) is 3.43. The van der Waals surface area contributed by atoms with E-state index in [2.05, 4.69) is 24.8 Å². The number of ether oxygens (including phenoxy) is 1. The Balaban J connectivity index is 1.59. The summed E-state index contributed by atoms with van der Waals surface area (Å²) < 4.78 is 20.5. The molecular formula is C19H13FN6O. The molecule has 0 aliphatic heterocycles. The second-order valence-corrected chi connectivity index (χ2v) is 5.66. The molecule has 0 radical (unpaired) electrons. The minimum absolute atomic E-state index is 0.143. The van der Waals surface area contributed by atoms with E-state index in [9.17, 15) is 4.39 Å². The quantitative estimate of drug-likeness (QED) is 0.402. The van der Waals surface area contributed by atoms with E-state index in [1.165, 1.54) is 18.5 Å². The minimum Gasteiger partial charge on any atom is -0.463 e. The zero-order valence-electron chi connectivity index (χ0n) is 14.1. The van der Waals surface area contributed by atoms with E-state index < -0.39 is 5.95 Å². The molecule has 0 fully saturated rings. The molecule has 27 heavy (non-hydrogen) atoms. The third-order valence-corrected chi connectivity index (χ3v) is 3.94. The summed E-state index contributed by atoms with van der Waals surface area (Å²) in [6.45, 7) is 7.63. The molecule has 3 aromatic heterocycles. The molecule has 7 nitrogen and oxygen atoms in total. The number of para-hydroxylation sites is 2. The number of hydrogen-bond acceptors (Lipinski definition) is 5. The van der Waals surface area contributed by atoms with Crippen LogP contribution in [0.2, 0.25) is 0 Å². The Bertz CT molecular complexity index is 1150. The van der Waals surface area contributed by atoms with Crippen molar-refractivity contribution < 1.29 is 9.13 Å². The fourth-order valence-electron chi connectivity index (χ4n) is 2.66. The third-order valence-electron chi connectivity index (χ3n) is 3.94. The molecular weight excluding hydrogens is 347 g/mol. The summed E-state index contributed by atoms with van der Waals surface area (Å²) in [6.07, 6.45) is 4.93. The number of imidazole rings is 1. The van der Waals surface area contributed by atoms with Gasteiger partial charge in [0, 0.05) is 18.8 Å². The molecule has 0 spiro atoms. The first kappa shape index (κ1) is 16.6. The normalized spacial score (nSPS) is 10.7. The van der Waals surface area contributed by atoms with E-state index in [1.807, 2.05) is 24.3 Å². The molecule has 3 heterocycles. The summed E-state index contributed by atoms with van der Waals surface area (Å²) in [6, 6.07) is 10.8. The minimum atomic E-state index is -0.528. The fraction of sp³-hybridized carbons (Fsp3) is 0.105. The van der Waals surface area contributed by atoms with Crippen molar-refractivity contribution in [2.24, 2.45) is 0 Å². The van der Waals surface area contributed by atoms with Crippen LogP contribution in [0.5, 0.6) is 6.01 Å². The highest BCUT2D eigenvalue weighted by Crippen LogP contribution is 2.26. The standard InChI is InChI=1S/C19H13FN6O/c1-21-15-11-23-19(27-9-7-13-6-8-22-17(20)10-13)25-18(15)26-12-24-14-4-2-3-5-16(14)26/h2-6,8,10-12H,7,9H2. The highest BCUT2D eigenvalue weighted by molar-refractivity contribution is 5.78. The van der Waals surface area contributed by atoms with Gasteiger partial charge in [0.25, 0.3) is 0 Å². The smallest absolute Gasteiger partial charge is 0.315 e. The van der Waals surface area contributed by atoms with E-state index in [-0.39, 0.29) is 12.6 Å². The van der Waals surface area contributed by atoms with Crippen LogP contribution >= 0.6 is 0 Å². The van der Waals surface area contributed by atoms with Gasteiger partial charge in [-0.2, -0.15) is 9.37 Å². The number of hydrogen-bond donors (Lipinski definition) is 0. The summed E-state index contributed by atoms with van der Waals surface area (Å²) in [4.78, 5) is 19.8. The predicted molar refractivity (Wildman–Crippen MR) is 96.3 cm³/mol. The number of rotatable bonds is 5. The van der Waals surface area contributed by atoms with Crippen molar-refractivity contribution in [1.29, 1.82) is 0 Å². The van der Waals surface area contributed by atoms with Crippen LogP contribution in [0.4, 0.5) is 10.1 Å². The van der Waals surface area contributed by atoms with Crippen molar-refractivity contribution in [2.45, 2.75) is 6.42 Å². The summed E-state index contributed by atoms with van der Waals surface area (Å²) >= 11 is 0. The molecule has 0 N–H and O–H groups in total. The van der Waals surface area contributed by atoms with Gasteiger partial charge in [-0.1, -0.05) is 12.1 Å². The molecule has 0 saturated carbocycles. The zero-order chi connectivity index (χ0) is 18.6. The molecule has 0 saturated heterocycles. The summed E-state index contributed by atoms with van der Waals surface area (Å²) in [5.41, 5.74) is 2.69. The number of nitrogens with zero attached hydrogens (tertiary/aromatic N) is 6. The van der Waals surface area contributed by atoms with Crippen molar-refractivity contribution in [1.82, 2.24) is 24.5 Å². The lowest BCUT2D eigenvalue weighted by molar-refractivity contribution is 0.296. The predicted octanol–water partition coefficient (Wildman–Crippen LogP) is 3.52. The fourth-order valence-corrected chi connectivity index (χ4v) is 2.66. The second kappa shape index (κ2) is 7.17. The highest BCUT2D eigenvalue weighted by atomic mass is 19.1. The average Bonchev–Trinajstić information content (AvgIpc) is 3.12. The summed E-state index contributed by atoms with van der Waals surface area (Å²) in [7, 11) is 0. The van der Waals surface area contributed by atoms with Gasteiger partial charge in [-0.15, -0.1) is 0 Å². The Morgan fingerprint density at radius 3 is 2.89 bits per heavy atom. The largest absolute Gasteiger partial charge is 0.463 e. The van der Waals surface area contributed by atoms with Gasteiger partial charge in [0.2, 0.25) is 11.6 Å². The van der Waals surface area contributed by atoms with Gasteiger partial charge in [-0.3, -0.25) is 4.57 Å². The topological polar surface area (TPSA) is 70.1 Å². The summed E-state index contributed by atoms with van der Waals surface area (Å²) in [5, 5.41) is 0. The number of fused-ring (bicyclic) bond motifs is 1. The molecule has 0 amide bonds. The SMILES string of the molecule is [C-]#[N+]c1cnc(OCCc2ccnc(F)c2)nc1-n1cnc2ccccc21. The van der Waals surface area contributed by atoms with E-state index >= 15 is 0 Å². The Morgan fingerprint density at radius 1 is 1.15 bits per heavy atom. The Kier molecular flexibility index (Phi) is 4.41. The molecule has 0 bridgehead atoms. The van der Waals surface area contributed by atoms with Gasteiger partial charge in [0.1, 0.15) is 6.33 Å². The Hall–Kier alpha value is -3.86. The molecule has 0 aliphatic carbocycles.